The number of ether oxygens (including phenoxy) is 2. The molecule has 0 saturated heterocycles. The van der Waals surface area contributed by atoms with Gasteiger partial charge in [0, 0.05) is 28.3 Å². The summed E-state index contributed by atoms with van der Waals surface area (Å²) in [6, 6.07) is 14.9. The molecule has 0 amide bonds. The molecule has 0 saturated carbocycles. The fourth-order valence-corrected chi connectivity index (χ4v) is 3.86. The Hall–Kier alpha value is -3.34. The molecular formula is C22H19NO4. The van der Waals surface area contributed by atoms with Gasteiger partial charge < -0.3 is 14.8 Å². The molecule has 0 fully saturated rings. The van der Waals surface area contributed by atoms with Crippen LogP contribution < -0.4 is 10.1 Å². The predicted molar refractivity (Wildman–Crippen MR) is 101 cm³/mol. The Labute approximate surface area is 157 Å². The van der Waals surface area contributed by atoms with Crippen molar-refractivity contribution in [2.24, 2.45) is 0 Å². The summed E-state index contributed by atoms with van der Waals surface area (Å²) in [6.45, 7) is 1.83. The van der Waals surface area contributed by atoms with Gasteiger partial charge in [0.1, 0.15) is 5.75 Å². The minimum Gasteiger partial charge on any atom is -0.497 e. The molecule has 5 nitrogen and oxygen atoms in total. The summed E-state index contributed by atoms with van der Waals surface area (Å²) >= 11 is 0. The summed E-state index contributed by atoms with van der Waals surface area (Å²) in [4.78, 5) is 25.8. The van der Waals surface area contributed by atoms with Crippen LogP contribution in [0.5, 0.6) is 5.75 Å². The van der Waals surface area contributed by atoms with Gasteiger partial charge >= 0.3 is 5.97 Å². The highest BCUT2D eigenvalue weighted by Crippen LogP contribution is 2.47. The maximum Gasteiger partial charge on any atom is 0.336 e. The van der Waals surface area contributed by atoms with Gasteiger partial charge in [0.05, 0.1) is 25.5 Å². The van der Waals surface area contributed by atoms with Crippen LogP contribution in [0, 0.1) is 0 Å². The number of fused-ring (bicyclic) bond motifs is 2. The fraction of sp³-hybridized carbons (Fsp3) is 0.182. The zero-order chi connectivity index (χ0) is 19.1. The summed E-state index contributed by atoms with van der Waals surface area (Å²) < 4.78 is 10.4. The highest BCUT2D eigenvalue weighted by molar-refractivity contribution is 6.23. The first-order chi connectivity index (χ1) is 13.1. The number of benzene rings is 2. The monoisotopic (exact) mass is 361 g/mol. The van der Waals surface area contributed by atoms with Crippen LogP contribution in [0.25, 0.3) is 5.70 Å². The van der Waals surface area contributed by atoms with Crippen LogP contribution in [0.3, 0.4) is 0 Å². The summed E-state index contributed by atoms with van der Waals surface area (Å²) in [6.07, 6.45) is 0. The second kappa shape index (κ2) is 6.43. The van der Waals surface area contributed by atoms with Crippen molar-refractivity contribution in [1.82, 2.24) is 5.32 Å². The largest absolute Gasteiger partial charge is 0.497 e. The Kier molecular flexibility index (Phi) is 4.07. The second-order valence-electron chi connectivity index (χ2n) is 6.53. The lowest BCUT2D eigenvalue weighted by Gasteiger charge is -2.29. The first-order valence-corrected chi connectivity index (χ1v) is 8.65. The number of nitrogens with one attached hydrogen (secondary N) is 1. The van der Waals surface area contributed by atoms with Gasteiger partial charge in [-0.15, -0.1) is 0 Å². The van der Waals surface area contributed by atoms with Gasteiger partial charge in [0.15, 0.2) is 5.78 Å². The molecule has 0 unspecified atom stereocenters. The lowest BCUT2D eigenvalue weighted by Crippen LogP contribution is -2.29. The van der Waals surface area contributed by atoms with Crippen LogP contribution in [0.2, 0.25) is 0 Å². The van der Waals surface area contributed by atoms with Gasteiger partial charge in [-0.05, 0) is 24.6 Å². The smallest absolute Gasteiger partial charge is 0.336 e. The van der Waals surface area contributed by atoms with E-state index in [0.717, 1.165) is 16.8 Å². The number of esters is 1. The van der Waals surface area contributed by atoms with Crippen molar-refractivity contribution in [2.45, 2.75) is 12.8 Å². The van der Waals surface area contributed by atoms with Gasteiger partial charge in [-0.1, -0.05) is 36.4 Å². The Bertz CT molecular complexity index is 1030. The molecule has 0 spiro atoms. The Morgan fingerprint density at radius 3 is 2.48 bits per heavy atom. The molecule has 1 N–H and O–H groups in total. The molecule has 1 heterocycles. The number of dihydropyridines is 1. The topological polar surface area (TPSA) is 64.6 Å². The number of rotatable bonds is 3. The van der Waals surface area contributed by atoms with E-state index in [1.54, 1.807) is 7.11 Å². The van der Waals surface area contributed by atoms with Crippen LogP contribution in [-0.2, 0) is 9.53 Å². The van der Waals surface area contributed by atoms with E-state index in [0.29, 0.717) is 28.2 Å². The molecule has 5 heteroatoms. The third-order valence-corrected chi connectivity index (χ3v) is 5.08. The van der Waals surface area contributed by atoms with Gasteiger partial charge in [-0.25, -0.2) is 4.79 Å². The van der Waals surface area contributed by atoms with E-state index in [4.69, 9.17) is 9.47 Å². The Morgan fingerprint density at radius 2 is 1.78 bits per heavy atom. The van der Waals surface area contributed by atoms with Crippen molar-refractivity contribution in [3.8, 4) is 5.75 Å². The minimum absolute atomic E-state index is 0.0742. The molecule has 4 rings (SSSR count). The standard InChI is InChI=1S/C22H19NO4/c1-12-17(22(25)27-3)18(13-7-6-8-14(11-13)26-2)19-20(23-12)15-9-4-5-10-16(15)21(19)24/h4-11,18,23H,1-3H3/t18-/m1/s1. The van der Waals surface area contributed by atoms with Crippen molar-refractivity contribution in [3.63, 3.8) is 0 Å². The Morgan fingerprint density at radius 1 is 1.04 bits per heavy atom. The van der Waals surface area contributed by atoms with Crippen molar-refractivity contribution in [3.05, 3.63) is 82.1 Å². The molecule has 1 aliphatic heterocycles. The van der Waals surface area contributed by atoms with Gasteiger partial charge in [0.25, 0.3) is 0 Å². The number of allylic oxidation sites excluding steroid dienone is 2. The zero-order valence-corrected chi connectivity index (χ0v) is 15.3. The van der Waals surface area contributed by atoms with Crippen LogP contribution >= 0.6 is 0 Å². The summed E-state index contributed by atoms with van der Waals surface area (Å²) in [5.41, 5.74) is 4.74. The van der Waals surface area contributed by atoms with Crippen LogP contribution in [0.1, 0.15) is 34.3 Å². The minimum atomic E-state index is -0.524. The summed E-state index contributed by atoms with van der Waals surface area (Å²) in [5, 5.41) is 3.26. The van der Waals surface area contributed by atoms with Crippen LogP contribution in [0.4, 0.5) is 0 Å². The average molecular weight is 361 g/mol. The van der Waals surface area contributed by atoms with Gasteiger partial charge in [0.2, 0.25) is 0 Å². The van der Waals surface area contributed by atoms with E-state index in [9.17, 15) is 9.59 Å². The number of hydrogen-bond acceptors (Lipinski definition) is 5. The SMILES string of the molecule is COC(=O)C1=C(C)NC2=C(C(=O)c3ccccc32)[C@@H]1c1cccc(OC)c1. The van der Waals surface area contributed by atoms with E-state index in [1.807, 2.05) is 55.5 Å². The molecule has 2 aliphatic rings. The first kappa shape index (κ1) is 17.1. The molecule has 27 heavy (non-hydrogen) atoms. The molecule has 136 valence electrons. The number of hydrogen-bond donors (Lipinski definition) is 1. The predicted octanol–water partition coefficient (Wildman–Crippen LogP) is 3.44. The number of carbonyl (C=O) groups excluding carboxylic acids is 2. The number of carbonyl (C=O) groups is 2. The molecule has 0 radical (unpaired) electrons. The molecule has 0 aromatic heterocycles. The number of methoxy groups -OCH3 is 2. The van der Waals surface area contributed by atoms with Gasteiger partial charge in [-0.2, -0.15) is 0 Å². The maximum atomic E-state index is 13.2. The van der Waals surface area contributed by atoms with E-state index in [-0.39, 0.29) is 5.78 Å². The van der Waals surface area contributed by atoms with Crippen molar-refractivity contribution in [2.75, 3.05) is 14.2 Å². The van der Waals surface area contributed by atoms with E-state index >= 15 is 0 Å². The van der Waals surface area contributed by atoms with Crippen molar-refractivity contribution >= 4 is 17.4 Å². The molecule has 2 aromatic rings. The molecule has 2 aromatic carbocycles. The highest BCUT2D eigenvalue weighted by Gasteiger charge is 2.42. The van der Waals surface area contributed by atoms with Crippen molar-refractivity contribution in [1.29, 1.82) is 0 Å². The number of Topliss-reactive ketones (excluding diaryl/α,β-unsaturated/α-hetero) is 1. The second-order valence-corrected chi connectivity index (χ2v) is 6.53. The van der Waals surface area contributed by atoms with Crippen LogP contribution in [0.15, 0.2) is 65.4 Å². The normalized spacial score (nSPS) is 18.0. The van der Waals surface area contributed by atoms with Crippen molar-refractivity contribution < 1.29 is 19.1 Å². The zero-order valence-electron chi connectivity index (χ0n) is 15.3. The third-order valence-electron chi connectivity index (χ3n) is 5.08. The van der Waals surface area contributed by atoms with E-state index in [2.05, 4.69) is 5.32 Å². The van der Waals surface area contributed by atoms with Gasteiger partial charge in [-0.3, -0.25) is 4.79 Å². The van der Waals surface area contributed by atoms with E-state index in [1.165, 1.54) is 7.11 Å². The quantitative estimate of drug-likeness (QED) is 0.849. The summed E-state index contributed by atoms with van der Waals surface area (Å²) in [7, 11) is 2.94. The maximum absolute atomic E-state index is 13.2. The third kappa shape index (κ3) is 2.54. The van der Waals surface area contributed by atoms with E-state index < -0.39 is 11.9 Å². The number of ketones is 1. The Balaban J connectivity index is 1.96. The molecule has 0 bridgehead atoms. The summed E-state index contributed by atoms with van der Waals surface area (Å²) in [5.74, 6) is -0.389. The highest BCUT2D eigenvalue weighted by atomic mass is 16.5. The lowest BCUT2D eigenvalue weighted by atomic mass is 9.80. The fourth-order valence-electron chi connectivity index (χ4n) is 3.86. The molecule has 1 atom stereocenters. The average Bonchev–Trinajstić information content (AvgIpc) is 2.98. The molecular weight excluding hydrogens is 342 g/mol. The van der Waals surface area contributed by atoms with Crippen LogP contribution in [-0.4, -0.2) is 26.0 Å². The first-order valence-electron chi connectivity index (χ1n) is 8.65. The lowest BCUT2D eigenvalue weighted by molar-refractivity contribution is -0.136. The molecule has 1 aliphatic carbocycles.